The maximum absolute atomic E-state index is 13.0. The van der Waals surface area contributed by atoms with Crippen molar-refractivity contribution in [1.29, 1.82) is 0 Å². The Labute approximate surface area is 116 Å². The van der Waals surface area contributed by atoms with Crippen LogP contribution in [-0.4, -0.2) is 9.55 Å². The average Bonchev–Trinajstić information content (AvgIpc) is 2.88. The second-order valence-electron chi connectivity index (χ2n) is 4.63. The highest BCUT2D eigenvalue weighted by atomic mass is 19.1. The molecule has 1 heterocycles. The van der Waals surface area contributed by atoms with Gasteiger partial charge in [-0.3, -0.25) is 0 Å². The number of anilines is 1. The number of aromatic nitrogens is 2. The SMILES string of the molecule is Nc1cccc(Cn2ccnc2-c2ccc(F)cc2)c1. The Kier molecular flexibility index (Phi) is 3.21. The molecule has 100 valence electrons. The van der Waals surface area contributed by atoms with E-state index in [0.717, 1.165) is 22.6 Å². The average molecular weight is 267 g/mol. The van der Waals surface area contributed by atoms with Gasteiger partial charge in [-0.25, -0.2) is 9.37 Å². The molecule has 20 heavy (non-hydrogen) atoms. The van der Waals surface area contributed by atoms with E-state index in [2.05, 4.69) is 4.98 Å². The lowest BCUT2D eigenvalue weighted by molar-refractivity contribution is 0.628. The molecule has 0 unspecified atom stereocenters. The van der Waals surface area contributed by atoms with Crippen molar-refractivity contribution in [3.05, 3.63) is 72.3 Å². The molecule has 0 atom stereocenters. The van der Waals surface area contributed by atoms with Gasteiger partial charge >= 0.3 is 0 Å². The minimum atomic E-state index is -0.248. The van der Waals surface area contributed by atoms with Crippen LogP contribution in [0.4, 0.5) is 10.1 Å². The zero-order valence-corrected chi connectivity index (χ0v) is 10.8. The van der Waals surface area contributed by atoms with Crippen LogP contribution in [0.15, 0.2) is 60.9 Å². The summed E-state index contributed by atoms with van der Waals surface area (Å²) in [4.78, 5) is 4.34. The van der Waals surface area contributed by atoms with Crippen LogP contribution in [0.1, 0.15) is 5.56 Å². The summed E-state index contributed by atoms with van der Waals surface area (Å²) in [5, 5.41) is 0. The van der Waals surface area contributed by atoms with Crippen LogP contribution in [0.3, 0.4) is 0 Å². The van der Waals surface area contributed by atoms with Crippen molar-refractivity contribution in [2.45, 2.75) is 6.54 Å². The van der Waals surface area contributed by atoms with Gasteiger partial charge in [-0.15, -0.1) is 0 Å². The van der Waals surface area contributed by atoms with E-state index in [1.807, 2.05) is 35.0 Å². The van der Waals surface area contributed by atoms with Gasteiger partial charge in [-0.05, 0) is 42.0 Å². The number of rotatable bonds is 3. The number of nitrogens with zero attached hydrogens (tertiary/aromatic N) is 2. The zero-order valence-electron chi connectivity index (χ0n) is 10.8. The fraction of sp³-hybridized carbons (Fsp3) is 0.0625. The van der Waals surface area contributed by atoms with Crippen LogP contribution in [-0.2, 0) is 6.54 Å². The monoisotopic (exact) mass is 267 g/mol. The number of nitrogen functional groups attached to an aromatic ring is 1. The van der Waals surface area contributed by atoms with Crippen LogP contribution in [0.2, 0.25) is 0 Å². The number of hydrogen-bond donors (Lipinski definition) is 1. The molecule has 0 aliphatic heterocycles. The molecule has 3 aromatic rings. The minimum absolute atomic E-state index is 0.248. The van der Waals surface area contributed by atoms with Crippen LogP contribution in [0.5, 0.6) is 0 Å². The summed E-state index contributed by atoms with van der Waals surface area (Å²) < 4.78 is 15.0. The molecule has 3 nitrogen and oxygen atoms in total. The number of nitrogens with two attached hydrogens (primary N) is 1. The highest BCUT2D eigenvalue weighted by Gasteiger charge is 2.06. The maximum atomic E-state index is 13.0. The smallest absolute Gasteiger partial charge is 0.140 e. The van der Waals surface area contributed by atoms with E-state index in [1.54, 1.807) is 18.3 Å². The van der Waals surface area contributed by atoms with Crippen molar-refractivity contribution in [3.63, 3.8) is 0 Å². The Morgan fingerprint density at radius 3 is 2.65 bits per heavy atom. The van der Waals surface area contributed by atoms with Crippen molar-refractivity contribution in [2.24, 2.45) is 0 Å². The van der Waals surface area contributed by atoms with E-state index >= 15 is 0 Å². The second-order valence-corrected chi connectivity index (χ2v) is 4.63. The Bertz CT molecular complexity index is 717. The summed E-state index contributed by atoms with van der Waals surface area (Å²) in [5.74, 6) is 0.565. The highest BCUT2D eigenvalue weighted by molar-refractivity contribution is 5.55. The lowest BCUT2D eigenvalue weighted by Gasteiger charge is -2.08. The molecule has 3 rings (SSSR count). The molecule has 0 aliphatic rings. The number of hydrogen-bond acceptors (Lipinski definition) is 2. The number of imidazole rings is 1. The lowest BCUT2D eigenvalue weighted by Crippen LogP contribution is -2.01. The molecule has 0 amide bonds. The molecular formula is C16H14FN3. The van der Waals surface area contributed by atoms with E-state index in [4.69, 9.17) is 5.73 Å². The van der Waals surface area contributed by atoms with Gasteiger partial charge in [0.25, 0.3) is 0 Å². The van der Waals surface area contributed by atoms with Crippen LogP contribution >= 0.6 is 0 Å². The van der Waals surface area contributed by atoms with E-state index < -0.39 is 0 Å². The van der Waals surface area contributed by atoms with Gasteiger partial charge in [0, 0.05) is 30.2 Å². The minimum Gasteiger partial charge on any atom is -0.399 e. The fourth-order valence-electron chi connectivity index (χ4n) is 2.18. The van der Waals surface area contributed by atoms with E-state index in [0.29, 0.717) is 6.54 Å². The third-order valence-electron chi connectivity index (χ3n) is 3.12. The first-order valence-corrected chi connectivity index (χ1v) is 6.34. The summed E-state index contributed by atoms with van der Waals surface area (Å²) in [6.45, 7) is 0.678. The van der Waals surface area contributed by atoms with E-state index in [9.17, 15) is 4.39 Å². The predicted octanol–water partition coefficient (Wildman–Crippen LogP) is 3.32. The van der Waals surface area contributed by atoms with Gasteiger partial charge in [-0.2, -0.15) is 0 Å². The molecule has 0 bridgehead atoms. The zero-order chi connectivity index (χ0) is 13.9. The number of benzene rings is 2. The quantitative estimate of drug-likeness (QED) is 0.740. The lowest BCUT2D eigenvalue weighted by atomic mass is 10.2. The standard InChI is InChI=1S/C16H14FN3/c17-14-6-4-13(5-7-14)16-19-8-9-20(16)11-12-2-1-3-15(18)10-12/h1-10H,11,18H2. The fourth-order valence-corrected chi connectivity index (χ4v) is 2.18. The Hall–Kier alpha value is -2.62. The van der Waals surface area contributed by atoms with Crippen LogP contribution in [0, 0.1) is 5.82 Å². The molecule has 2 N–H and O–H groups in total. The van der Waals surface area contributed by atoms with Gasteiger partial charge in [0.2, 0.25) is 0 Å². The second kappa shape index (κ2) is 5.17. The Morgan fingerprint density at radius 1 is 1.10 bits per heavy atom. The van der Waals surface area contributed by atoms with Crippen molar-refractivity contribution in [3.8, 4) is 11.4 Å². The van der Waals surface area contributed by atoms with Crippen molar-refractivity contribution >= 4 is 5.69 Å². The molecule has 0 aliphatic carbocycles. The largest absolute Gasteiger partial charge is 0.399 e. The van der Waals surface area contributed by atoms with Crippen molar-refractivity contribution < 1.29 is 4.39 Å². The summed E-state index contributed by atoms with van der Waals surface area (Å²) >= 11 is 0. The van der Waals surface area contributed by atoms with Crippen LogP contribution in [0.25, 0.3) is 11.4 Å². The van der Waals surface area contributed by atoms with Gasteiger partial charge < -0.3 is 10.3 Å². The van der Waals surface area contributed by atoms with Gasteiger partial charge in [0.15, 0.2) is 0 Å². The first-order valence-electron chi connectivity index (χ1n) is 6.34. The Morgan fingerprint density at radius 2 is 1.90 bits per heavy atom. The molecule has 0 spiro atoms. The molecule has 4 heteroatoms. The van der Waals surface area contributed by atoms with Gasteiger partial charge in [0.05, 0.1) is 0 Å². The van der Waals surface area contributed by atoms with Crippen molar-refractivity contribution in [2.75, 3.05) is 5.73 Å². The molecule has 0 radical (unpaired) electrons. The molecule has 0 fully saturated rings. The summed E-state index contributed by atoms with van der Waals surface area (Å²) in [6.07, 6.45) is 3.65. The summed E-state index contributed by atoms with van der Waals surface area (Å²) in [5.41, 5.74) is 8.52. The summed E-state index contributed by atoms with van der Waals surface area (Å²) in [7, 11) is 0. The van der Waals surface area contributed by atoms with Gasteiger partial charge in [-0.1, -0.05) is 12.1 Å². The first-order chi connectivity index (χ1) is 9.72. The molecular weight excluding hydrogens is 253 g/mol. The van der Waals surface area contributed by atoms with Gasteiger partial charge in [0.1, 0.15) is 11.6 Å². The molecule has 1 aromatic heterocycles. The molecule has 0 saturated carbocycles. The molecule has 0 saturated heterocycles. The highest BCUT2D eigenvalue weighted by Crippen LogP contribution is 2.19. The normalized spacial score (nSPS) is 10.7. The maximum Gasteiger partial charge on any atom is 0.140 e. The van der Waals surface area contributed by atoms with Crippen molar-refractivity contribution in [1.82, 2.24) is 9.55 Å². The number of halogens is 1. The third kappa shape index (κ3) is 2.54. The van der Waals surface area contributed by atoms with Crippen LogP contribution < -0.4 is 5.73 Å². The predicted molar refractivity (Wildman–Crippen MR) is 77.6 cm³/mol. The van der Waals surface area contributed by atoms with E-state index in [-0.39, 0.29) is 5.82 Å². The third-order valence-corrected chi connectivity index (χ3v) is 3.12. The topological polar surface area (TPSA) is 43.8 Å². The molecule has 2 aromatic carbocycles. The Balaban J connectivity index is 1.92. The van der Waals surface area contributed by atoms with E-state index in [1.165, 1.54) is 12.1 Å². The summed E-state index contributed by atoms with van der Waals surface area (Å²) in [6, 6.07) is 14.1. The first kappa shape index (κ1) is 12.4.